The van der Waals surface area contributed by atoms with Gasteiger partial charge in [0.1, 0.15) is 12.4 Å². The fourth-order valence-electron chi connectivity index (χ4n) is 2.56. The molecule has 0 bridgehead atoms. The zero-order valence-electron chi connectivity index (χ0n) is 13.3. The molecule has 1 N–H and O–H groups in total. The molecule has 1 saturated heterocycles. The summed E-state index contributed by atoms with van der Waals surface area (Å²) in [4.78, 5) is 2.47. The third kappa shape index (κ3) is 6.42. The Bertz CT molecular complexity index is 448. The summed E-state index contributed by atoms with van der Waals surface area (Å²) in [5, 5.41) is 3.47. The highest BCUT2D eigenvalue weighted by Gasteiger charge is 2.17. The summed E-state index contributed by atoms with van der Waals surface area (Å²) in [5.41, 5.74) is 1.23. The minimum absolute atomic E-state index is 0. The standard InChI is InChI=1S/C16H25BrN2O2.ClH/c1-3-20-8-9-21-16-5-4-15(17)10-14(16)12-19-7-6-18-13(2)11-19;/h4-5,10,13,18H,3,6-9,11-12H2,1-2H3;1H/t13-;/m1./s1. The van der Waals surface area contributed by atoms with Gasteiger partial charge in [-0.05, 0) is 32.0 Å². The Morgan fingerprint density at radius 3 is 2.91 bits per heavy atom. The van der Waals surface area contributed by atoms with Crippen LogP contribution in [0.4, 0.5) is 0 Å². The van der Waals surface area contributed by atoms with Crippen LogP contribution >= 0.6 is 28.3 Å². The van der Waals surface area contributed by atoms with Gasteiger partial charge in [0.25, 0.3) is 0 Å². The van der Waals surface area contributed by atoms with E-state index in [2.05, 4.69) is 39.1 Å². The lowest BCUT2D eigenvalue weighted by Crippen LogP contribution is -2.48. The molecule has 0 spiro atoms. The van der Waals surface area contributed by atoms with Gasteiger partial charge in [0, 0.05) is 48.9 Å². The molecule has 22 heavy (non-hydrogen) atoms. The van der Waals surface area contributed by atoms with Crippen LogP contribution in [-0.2, 0) is 11.3 Å². The number of hydrogen-bond donors (Lipinski definition) is 1. The zero-order chi connectivity index (χ0) is 15.1. The van der Waals surface area contributed by atoms with E-state index in [0.717, 1.165) is 43.0 Å². The van der Waals surface area contributed by atoms with Gasteiger partial charge in [0.15, 0.2) is 0 Å². The maximum absolute atomic E-state index is 5.87. The van der Waals surface area contributed by atoms with E-state index in [1.54, 1.807) is 0 Å². The Morgan fingerprint density at radius 1 is 1.36 bits per heavy atom. The minimum Gasteiger partial charge on any atom is -0.491 e. The fourth-order valence-corrected chi connectivity index (χ4v) is 2.97. The topological polar surface area (TPSA) is 33.7 Å². The average Bonchev–Trinajstić information content (AvgIpc) is 2.45. The second-order valence-electron chi connectivity index (χ2n) is 5.39. The van der Waals surface area contributed by atoms with Gasteiger partial charge in [-0.1, -0.05) is 15.9 Å². The van der Waals surface area contributed by atoms with E-state index in [1.165, 1.54) is 5.56 Å². The molecule has 1 aliphatic heterocycles. The summed E-state index contributed by atoms with van der Waals surface area (Å²) in [6.07, 6.45) is 0. The molecule has 0 aromatic heterocycles. The van der Waals surface area contributed by atoms with Gasteiger partial charge in [0.05, 0.1) is 6.61 Å². The van der Waals surface area contributed by atoms with E-state index >= 15 is 0 Å². The first-order valence-electron chi connectivity index (χ1n) is 7.63. The minimum atomic E-state index is 0. The Morgan fingerprint density at radius 2 is 2.18 bits per heavy atom. The lowest BCUT2D eigenvalue weighted by Gasteiger charge is -2.32. The zero-order valence-corrected chi connectivity index (χ0v) is 15.7. The summed E-state index contributed by atoms with van der Waals surface area (Å²) in [7, 11) is 0. The maximum atomic E-state index is 5.87. The van der Waals surface area contributed by atoms with Crippen molar-refractivity contribution in [1.29, 1.82) is 0 Å². The first kappa shape index (κ1) is 19.7. The van der Waals surface area contributed by atoms with E-state index in [4.69, 9.17) is 9.47 Å². The highest BCUT2D eigenvalue weighted by atomic mass is 79.9. The van der Waals surface area contributed by atoms with Gasteiger partial charge in [-0.2, -0.15) is 0 Å². The van der Waals surface area contributed by atoms with Gasteiger partial charge in [0.2, 0.25) is 0 Å². The van der Waals surface area contributed by atoms with Crippen LogP contribution in [0.15, 0.2) is 22.7 Å². The number of piperazine rings is 1. The van der Waals surface area contributed by atoms with Crippen LogP contribution in [0.25, 0.3) is 0 Å². The van der Waals surface area contributed by atoms with E-state index in [-0.39, 0.29) is 12.4 Å². The van der Waals surface area contributed by atoms with Crippen molar-refractivity contribution >= 4 is 28.3 Å². The van der Waals surface area contributed by atoms with Crippen molar-refractivity contribution < 1.29 is 9.47 Å². The molecule has 0 amide bonds. The van der Waals surface area contributed by atoms with Gasteiger partial charge in [-0.25, -0.2) is 0 Å². The summed E-state index contributed by atoms with van der Waals surface area (Å²) >= 11 is 3.55. The van der Waals surface area contributed by atoms with E-state index in [9.17, 15) is 0 Å². The predicted molar refractivity (Wildman–Crippen MR) is 96.1 cm³/mol. The van der Waals surface area contributed by atoms with Gasteiger partial charge >= 0.3 is 0 Å². The summed E-state index contributed by atoms with van der Waals surface area (Å²) in [5.74, 6) is 0.962. The Hall–Kier alpha value is -0.330. The number of rotatable bonds is 7. The molecule has 1 aliphatic rings. The predicted octanol–water partition coefficient (Wildman–Crippen LogP) is 3.08. The first-order chi connectivity index (χ1) is 10.2. The Kier molecular flexibility index (Phi) is 9.36. The van der Waals surface area contributed by atoms with Crippen molar-refractivity contribution in [3.8, 4) is 5.75 Å². The summed E-state index contributed by atoms with van der Waals surface area (Å²) < 4.78 is 12.3. The monoisotopic (exact) mass is 392 g/mol. The van der Waals surface area contributed by atoms with Crippen molar-refractivity contribution in [2.75, 3.05) is 39.5 Å². The van der Waals surface area contributed by atoms with Crippen LogP contribution in [-0.4, -0.2) is 50.4 Å². The molecule has 1 fully saturated rings. The molecule has 126 valence electrons. The molecule has 1 aromatic rings. The Labute approximate surface area is 148 Å². The number of halogens is 2. The van der Waals surface area contributed by atoms with Crippen LogP contribution in [0.3, 0.4) is 0 Å². The van der Waals surface area contributed by atoms with E-state index in [1.807, 2.05) is 19.1 Å². The number of benzene rings is 1. The van der Waals surface area contributed by atoms with E-state index in [0.29, 0.717) is 19.3 Å². The van der Waals surface area contributed by atoms with Crippen LogP contribution < -0.4 is 10.1 Å². The number of ether oxygens (including phenoxy) is 2. The SMILES string of the molecule is CCOCCOc1ccc(Br)cc1CN1CCN[C@H](C)C1.Cl. The fraction of sp³-hybridized carbons (Fsp3) is 0.625. The van der Waals surface area contributed by atoms with Gasteiger partial charge in [-0.15, -0.1) is 12.4 Å². The third-order valence-corrected chi connectivity index (χ3v) is 4.05. The second kappa shape index (κ2) is 10.4. The van der Waals surface area contributed by atoms with Crippen molar-refractivity contribution in [3.63, 3.8) is 0 Å². The molecule has 6 heteroatoms. The highest BCUT2D eigenvalue weighted by molar-refractivity contribution is 9.10. The van der Waals surface area contributed by atoms with Crippen LogP contribution in [0.5, 0.6) is 5.75 Å². The molecule has 0 aliphatic carbocycles. The van der Waals surface area contributed by atoms with Crippen molar-refractivity contribution in [3.05, 3.63) is 28.2 Å². The largest absolute Gasteiger partial charge is 0.491 e. The molecule has 2 rings (SSSR count). The van der Waals surface area contributed by atoms with Crippen LogP contribution in [0.1, 0.15) is 19.4 Å². The lowest BCUT2D eigenvalue weighted by atomic mass is 10.1. The van der Waals surface area contributed by atoms with Gasteiger partial charge in [-0.3, -0.25) is 4.90 Å². The summed E-state index contributed by atoms with van der Waals surface area (Å²) in [6, 6.07) is 6.77. The molecular formula is C16H26BrClN2O2. The van der Waals surface area contributed by atoms with Crippen LogP contribution in [0, 0.1) is 0 Å². The van der Waals surface area contributed by atoms with E-state index < -0.39 is 0 Å². The number of nitrogens with zero attached hydrogens (tertiary/aromatic N) is 1. The molecule has 0 unspecified atom stereocenters. The maximum Gasteiger partial charge on any atom is 0.123 e. The Balaban J connectivity index is 0.00000242. The molecule has 0 saturated carbocycles. The molecular weight excluding hydrogens is 368 g/mol. The number of nitrogens with one attached hydrogen (secondary N) is 1. The van der Waals surface area contributed by atoms with Crippen molar-refractivity contribution in [2.24, 2.45) is 0 Å². The highest BCUT2D eigenvalue weighted by Crippen LogP contribution is 2.25. The quantitative estimate of drug-likeness (QED) is 0.722. The van der Waals surface area contributed by atoms with Gasteiger partial charge < -0.3 is 14.8 Å². The van der Waals surface area contributed by atoms with Crippen molar-refractivity contribution in [2.45, 2.75) is 26.4 Å². The van der Waals surface area contributed by atoms with Crippen molar-refractivity contribution in [1.82, 2.24) is 10.2 Å². The third-order valence-electron chi connectivity index (χ3n) is 3.56. The van der Waals surface area contributed by atoms with Crippen LogP contribution in [0.2, 0.25) is 0 Å². The normalized spacial score (nSPS) is 18.8. The molecule has 1 atom stereocenters. The first-order valence-corrected chi connectivity index (χ1v) is 8.43. The number of hydrogen-bond acceptors (Lipinski definition) is 4. The molecule has 1 aromatic carbocycles. The lowest BCUT2D eigenvalue weighted by molar-refractivity contribution is 0.109. The molecule has 4 nitrogen and oxygen atoms in total. The summed E-state index contributed by atoms with van der Waals surface area (Å²) in [6.45, 7) is 10.3. The average molecular weight is 394 g/mol. The smallest absolute Gasteiger partial charge is 0.123 e. The molecule has 0 radical (unpaired) electrons. The second-order valence-corrected chi connectivity index (χ2v) is 6.30. The molecule has 1 heterocycles.